The van der Waals surface area contributed by atoms with E-state index in [4.69, 9.17) is 0 Å². The molecule has 3 atom stereocenters. The Kier molecular flexibility index (Phi) is 5.48. The summed E-state index contributed by atoms with van der Waals surface area (Å²) in [5.41, 5.74) is 1.56. The van der Waals surface area contributed by atoms with E-state index in [1.807, 2.05) is 12.4 Å². The number of hydrogen-bond acceptors (Lipinski definition) is 6. The number of rotatable bonds is 5. The Morgan fingerprint density at radius 3 is 3.04 bits per heavy atom. The second-order valence-electron chi connectivity index (χ2n) is 6.80. The molecule has 0 aliphatic carbocycles. The number of thiazole rings is 1. The van der Waals surface area contributed by atoms with E-state index in [9.17, 15) is 14.3 Å². The molecule has 0 spiro atoms. The largest absolute Gasteiger partial charge is 0.379 e. The van der Waals surface area contributed by atoms with Gasteiger partial charge in [0, 0.05) is 43.4 Å². The zero-order valence-electron chi connectivity index (χ0n) is 14.1. The third-order valence-electron chi connectivity index (χ3n) is 4.90. The maximum atomic E-state index is 14.0. The van der Waals surface area contributed by atoms with Gasteiger partial charge in [0.25, 0.3) is 5.91 Å². The van der Waals surface area contributed by atoms with Crippen LogP contribution in [0.4, 0.5) is 4.39 Å². The van der Waals surface area contributed by atoms with Gasteiger partial charge in [0.15, 0.2) is 5.60 Å². The van der Waals surface area contributed by atoms with Crippen LogP contribution in [0.25, 0.3) is 0 Å². The summed E-state index contributed by atoms with van der Waals surface area (Å²) in [6.45, 7) is 3.48. The number of aliphatic hydroxyl groups is 1. The molecule has 134 valence electrons. The van der Waals surface area contributed by atoms with Crippen LogP contribution in [0, 0.1) is 6.92 Å². The maximum Gasteiger partial charge on any atom is 0.255 e. The number of aromatic nitrogens is 1. The molecule has 1 unspecified atom stereocenters. The highest BCUT2D eigenvalue weighted by Gasteiger charge is 2.42. The molecule has 3 rings (SSSR count). The van der Waals surface area contributed by atoms with E-state index < -0.39 is 11.8 Å². The number of amides is 1. The highest BCUT2D eigenvalue weighted by atomic mass is 32.2. The Morgan fingerprint density at radius 2 is 2.42 bits per heavy atom. The summed E-state index contributed by atoms with van der Waals surface area (Å²) in [4.78, 5) is 21.6. The number of nitrogens with zero attached hydrogens (tertiary/aromatic N) is 3. The number of aryl methyl sites for hydroxylation is 1. The Balaban J connectivity index is 1.63. The fraction of sp³-hybridized carbons (Fsp3) is 0.750. The molecule has 0 aromatic carbocycles. The minimum atomic E-state index is -1.24. The number of likely N-dealkylation sites (tertiary alicyclic amines) is 1. The molecule has 0 radical (unpaired) electrons. The first-order valence-electron chi connectivity index (χ1n) is 8.22. The molecule has 2 aliphatic rings. The molecule has 2 saturated heterocycles. The van der Waals surface area contributed by atoms with Crippen LogP contribution in [0.5, 0.6) is 0 Å². The van der Waals surface area contributed by atoms with Gasteiger partial charge >= 0.3 is 0 Å². The van der Waals surface area contributed by atoms with Crippen LogP contribution in [0.2, 0.25) is 0 Å². The SMILES string of the molecule is Cc1ncsc1CN1C[C@@H](F)C[C@H]1CN(C)C(=O)C1(O)CCSC1. The smallest absolute Gasteiger partial charge is 0.255 e. The van der Waals surface area contributed by atoms with Crippen LogP contribution in [-0.2, 0) is 11.3 Å². The quantitative estimate of drug-likeness (QED) is 0.851. The van der Waals surface area contributed by atoms with E-state index in [0.29, 0.717) is 38.2 Å². The van der Waals surface area contributed by atoms with Gasteiger partial charge in [-0.2, -0.15) is 11.8 Å². The van der Waals surface area contributed by atoms with Crippen LogP contribution < -0.4 is 0 Å². The molecule has 1 N–H and O–H groups in total. The van der Waals surface area contributed by atoms with Crippen molar-refractivity contribution in [3.8, 4) is 0 Å². The first kappa shape index (κ1) is 18.1. The average Bonchev–Trinajstić information content (AvgIpc) is 3.22. The van der Waals surface area contributed by atoms with Crippen LogP contribution in [0.15, 0.2) is 5.51 Å². The lowest BCUT2D eigenvalue weighted by Crippen LogP contribution is -2.51. The van der Waals surface area contributed by atoms with Crippen molar-refractivity contribution in [1.29, 1.82) is 0 Å². The lowest BCUT2D eigenvalue weighted by molar-refractivity contribution is -0.148. The normalized spacial score (nSPS) is 30.8. The Labute approximate surface area is 150 Å². The van der Waals surface area contributed by atoms with Gasteiger partial charge in [-0.25, -0.2) is 9.37 Å². The summed E-state index contributed by atoms with van der Waals surface area (Å²) in [5, 5.41) is 10.5. The molecule has 2 fully saturated rings. The molecule has 8 heteroatoms. The van der Waals surface area contributed by atoms with Crippen LogP contribution in [-0.4, -0.2) is 75.3 Å². The van der Waals surface area contributed by atoms with Crippen LogP contribution in [0.1, 0.15) is 23.4 Å². The molecule has 1 amide bonds. The molecular weight excluding hydrogens is 349 g/mol. The number of carbonyl (C=O) groups excluding carboxylic acids is 1. The number of halogens is 1. The second kappa shape index (κ2) is 7.27. The number of thioether (sulfide) groups is 1. The number of hydrogen-bond donors (Lipinski definition) is 1. The van der Waals surface area contributed by atoms with Crippen molar-refractivity contribution in [3.05, 3.63) is 16.1 Å². The van der Waals surface area contributed by atoms with E-state index in [0.717, 1.165) is 16.3 Å². The molecule has 3 heterocycles. The summed E-state index contributed by atoms with van der Waals surface area (Å²) in [6, 6.07) is -0.0203. The van der Waals surface area contributed by atoms with Gasteiger partial charge < -0.3 is 10.0 Å². The minimum Gasteiger partial charge on any atom is -0.379 e. The second-order valence-corrected chi connectivity index (χ2v) is 8.84. The van der Waals surface area contributed by atoms with Crippen molar-refractivity contribution >= 4 is 29.0 Å². The molecule has 1 aromatic rings. The predicted molar refractivity (Wildman–Crippen MR) is 95.1 cm³/mol. The van der Waals surface area contributed by atoms with Crippen molar-refractivity contribution in [2.24, 2.45) is 0 Å². The van der Waals surface area contributed by atoms with E-state index >= 15 is 0 Å². The van der Waals surface area contributed by atoms with Gasteiger partial charge in [0.05, 0.1) is 11.2 Å². The predicted octanol–water partition coefficient (Wildman–Crippen LogP) is 1.69. The molecule has 0 bridgehead atoms. The first-order chi connectivity index (χ1) is 11.4. The minimum absolute atomic E-state index is 0.0203. The van der Waals surface area contributed by atoms with Gasteiger partial charge in [-0.05, 0) is 25.5 Å². The monoisotopic (exact) mass is 373 g/mol. The van der Waals surface area contributed by atoms with Gasteiger partial charge in [-0.15, -0.1) is 11.3 Å². The summed E-state index contributed by atoms with van der Waals surface area (Å²) in [5.74, 6) is 1.03. The molecule has 2 aliphatic heterocycles. The van der Waals surface area contributed by atoms with E-state index in [1.165, 1.54) is 0 Å². The van der Waals surface area contributed by atoms with E-state index in [1.54, 1.807) is 35.0 Å². The topological polar surface area (TPSA) is 56.7 Å². The zero-order chi connectivity index (χ0) is 17.3. The van der Waals surface area contributed by atoms with Crippen molar-refractivity contribution in [3.63, 3.8) is 0 Å². The lowest BCUT2D eigenvalue weighted by Gasteiger charge is -2.32. The van der Waals surface area contributed by atoms with Gasteiger partial charge in [-0.1, -0.05) is 0 Å². The molecule has 1 aromatic heterocycles. The highest BCUT2D eigenvalue weighted by Crippen LogP contribution is 2.30. The summed E-state index contributed by atoms with van der Waals surface area (Å²) in [7, 11) is 1.71. The molecule has 5 nitrogen and oxygen atoms in total. The van der Waals surface area contributed by atoms with Crippen molar-refractivity contribution < 1.29 is 14.3 Å². The first-order valence-corrected chi connectivity index (χ1v) is 10.3. The third-order valence-corrected chi connectivity index (χ3v) is 6.99. The van der Waals surface area contributed by atoms with Crippen LogP contribution >= 0.6 is 23.1 Å². The van der Waals surface area contributed by atoms with Gasteiger partial charge in [-0.3, -0.25) is 9.69 Å². The summed E-state index contributed by atoms with van der Waals surface area (Å²) >= 11 is 3.19. The number of likely N-dealkylation sites (N-methyl/N-ethyl adjacent to an activating group) is 1. The van der Waals surface area contributed by atoms with E-state index in [-0.39, 0.29) is 11.9 Å². The van der Waals surface area contributed by atoms with Crippen LogP contribution in [0.3, 0.4) is 0 Å². The summed E-state index contributed by atoms with van der Waals surface area (Å²) in [6.07, 6.45) is 0.0702. The Morgan fingerprint density at radius 1 is 1.62 bits per heavy atom. The Hall–Kier alpha value is -0.700. The van der Waals surface area contributed by atoms with Gasteiger partial charge in [0.2, 0.25) is 0 Å². The third kappa shape index (κ3) is 3.76. The lowest BCUT2D eigenvalue weighted by atomic mass is 10.0. The van der Waals surface area contributed by atoms with Crippen molar-refractivity contribution in [1.82, 2.24) is 14.8 Å². The van der Waals surface area contributed by atoms with Crippen molar-refractivity contribution in [2.45, 2.75) is 44.1 Å². The highest BCUT2D eigenvalue weighted by molar-refractivity contribution is 7.99. The zero-order valence-corrected chi connectivity index (χ0v) is 15.7. The van der Waals surface area contributed by atoms with Crippen molar-refractivity contribution in [2.75, 3.05) is 31.6 Å². The Bertz CT molecular complexity index is 592. The average molecular weight is 374 g/mol. The van der Waals surface area contributed by atoms with E-state index in [2.05, 4.69) is 9.88 Å². The molecule has 0 saturated carbocycles. The fourth-order valence-corrected chi connectivity index (χ4v) is 5.48. The summed E-state index contributed by atoms with van der Waals surface area (Å²) < 4.78 is 14.0. The molecule has 24 heavy (non-hydrogen) atoms. The number of carbonyl (C=O) groups is 1. The fourth-order valence-electron chi connectivity index (χ4n) is 3.45. The number of alkyl halides is 1. The maximum absolute atomic E-state index is 14.0. The van der Waals surface area contributed by atoms with Gasteiger partial charge in [0.1, 0.15) is 6.17 Å². The standard InChI is InChI=1S/C16H24FN3O2S2/c1-11-14(24-10-18-11)8-20-6-12(17)5-13(20)7-19(2)15(21)16(22)3-4-23-9-16/h10,12-13,22H,3-9H2,1-2H3/t12-,13-,16?/m0/s1. The molecular formula is C16H24FN3O2S2.